The third-order valence-electron chi connectivity index (χ3n) is 3.07. The van der Waals surface area contributed by atoms with Crippen LogP contribution in [-0.4, -0.2) is 51.3 Å². The minimum atomic E-state index is -1.36. The Kier molecular flexibility index (Phi) is 5.80. The molecule has 0 saturated heterocycles. The highest BCUT2D eigenvalue weighted by molar-refractivity contribution is 6.73. The Balaban J connectivity index is 4.95. The molecule has 0 saturated carbocycles. The Morgan fingerprint density at radius 3 is 1.06 bits per heavy atom. The Hall–Kier alpha value is -0.626. The van der Waals surface area contributed by atoms with Crippen LogP contribution < -0.4 is 0 Å². The van der Waals surface area contributed by atoms with Crippen molar-refractivity contribution in [3.05, 3.63) is 0 Å². The molecule has 0 aromatic carbocycles. The van der Waals surface area contributed by atoms with E-state index in [0.717, 1.165) is 11.4 Å². The monoisotopic (exact) mass is 286 g/mol. The second kappa shape index (κ2) is 6.01. The Morgan fingerprint density at radius 2 is 0.889 bits per heavy atom. The van der Waals surface area contributed by atoms with E-state index < -0.39 is 16.5 Å². The summed E-state index contributed by atoms with van der Waals surface area (Å²) in [4.78, 5) is 0. The van der Waals surface area contributed by atoms with Crippen molar-refractivity contribution in [3.63, 3.8) is 0 Å². The fraction of sp³-hybridized carbons (Fsp3) is 0.833. The zero-order chi connectivity index (χ0) is 14.7. The molecule has 0 rings (SSSR count). The van der Waals surface area contributed by atoms with Crippen molar-refractivity contribution in [1.82, 2.24) is 9.35 Å². The quantitative estimate of drug-likeness (QED) is 0.441. The third-order valence-corrected chi connectivity index (χ3v) is 7.15. The van der Waals surface area contributed by atoms with Crippen molar-refractivity contribution >= 4 is 27.9 Å². The lowest BCUT2D eigenvalue weighted by Gasteiger charge is -2.29. The van der Waals surface area contributed by atoms with Gasteiger partial charge in [-0.2, -0.15) is 10.2 Å². The molecule has 0 amide bonds. The molecule has 0 aliphatic rings. The van der Waals surface area contributed by atoms with Crippen molar-refractivity contribution in [2.24, 2.45) is 10.2 Å². The fourth-order valence-corrected chi connectivity index (χ4v) is 1.79. The highest BCUT2D eigenvalue weighted by Gasteiger charge is 2.21. The molecule has 6 heteroatoms. The van der Waals surface area contributed by atoms with Gasteiger partial charge in [0, 0.05) is 14.1 Å². The van der Waals surface area contributed by atoms with Crippen LogP contribution in [0.5, 0.6) is 0 Å². The largest absolute Gasteiger partial charge is 0.327 e. The summed E-state index contributed by atoms with van der Waals surface area (Å²) in [5, 5.41) is 9.31. The molecule has 0 aromatic heterocycles. The van der Waals surface area contributed by atoms with E-state index in [0.29, 0.717) is 0 Å². The van der Waals surface area contributed by atoms with Crippen molar-refractivity contribution in [2.45, 2.75) is 53.1 Å². The topological polar surface area (TPSA) is 31.2 Å². The van der Waals surface area contributed by atoms with Gasteiger partial charge in [0.2, 0.25) is 0 Å². The predicted octanol–water partition coefficient (Wildman–Crippen LogP) is 3.27. The molecule has 0 heterocycles. The van der Waals surface area contributed by atoms with Gasteiger partial charge in [-0.15, -0.1) is 0 Å². The van der Waals surface area contributed by atoms with Gasteiger partial charge in [0.1, 0.15) is 0 Å². The average molecular weight is 287 g/mol. The predicted molar refractivity (Wildman–Crippen MR) is 88.4 cm³/mol. The summed E-state index contributed by atoms with van der Waals surface area (Å²) < 4.78 is 4.24. The molecule has 4 nitrogen and oxygen atoms in total. The smallest absolute Gasteiger partial charge is 0.168 e. The first-order valence-corrected chi connectivity index (χ1v) is 13.3. The van der Waals surface area contributed by atoms with E-state index in [1.165, 1.54) is 0 Å². The van der Waals surface area contributed by atoms with Crippen LogP contribution in [0, 0.1) is 0 Å². The third kappa shape index (κ3) is 5.81. The van der Waals surface area contributed by atoms with Gasteiger partial charge in [0.15, 0.2) is 16.5 Å². The minimum absolute atomic E-state index is 1.00. The van der Waals surface area contributed by atoms with Crippen LogP contribution in [0.3, 0.4) is 0 Å². The molecule has 0 aliphatic carbocycles. The van der Waals surface area contributed by atoms with Gasteiger partial charge in [-0.3, -0.25) is 0 Å². The lowest BCUT2D eigenvalue weighted by atomic mass is 10.3. The van der Waals surface area contributed by atoms with Gasteiger partial charge in [-0.25, -0.2) is 0 Å². The van der Waals surface area contributed by atoms with Crippen molar-refractivity contribution in [3.8, 4) is 0 Å². The first-order chi connectivity index (χ1) is 7.85. The van der Waals surface area contributed by atoms with Gasteiger partial charge in [0.05, 0.1) is 11.4 Å². The van der Waals surface area contributed by atoms with Gasteiger partial charge in [0.25, 0.3) is 0 Å². The summed E-state index contributed by atoms with van der Waals surface area (Å²) in [6.07, 6.45) is 0. The number of nitrogens with zero attached hydrogens (tertiary/aromatic N) is 4. The van der Waals surface area contributed by atoms with E-state index in [1.807, 2.05) is 13.8 Å². The zero-order valence-corrected chi connectivity index (χ0v) is 15.8. The Labute approximate surface area is 115 Å². The van der Waals surface area contributed by atoms with Crippen molar-refractivity contribution in [1.29, 1.82) is 0 Å². The average Bonchev–Trinajstić information content (AvgIpc) is 2.14. The van der Waals surface area contributed by atoms with E-state index in [1.54, 1.807) is 0 Å². The minimum Gasteiger partial charge on any atom is -0.327 e. The van der Waals surface area contributed by atoms with E-state index in [9.17, 15) is 0 Å². The number of hydrogen-bond acceptors (Lipinski definition) is 4. The molecule has 0 bridgehead atoms. The molecule has 0 atom stereocenters. The molecule has 0 unspecified atom stereocenters. The second-order valence-electron chi connectivity index (χ2n) is 6.76. The molecule has 0 radical (unpaired) electrons. The number of hydrogen-bond donors (Lipinski definition) is 0. The molecular weight excluding hydrogens is 256 g/mol. The maximum Gasteiger partial charge on any atom is 0.168 e. The van der Waals surface area contributed by atoms with Gasteiger partial charge >= 0.3 is 0 Å². The summed E-state index contributed by atoms with van der Waals surface area (Å²) in [6.45, 7) is 17.8. The van der Waals surface area contributed by atoms with Crippen LogP contribution in [0.1, 0.15) is 13.8 Å². The van der Waals surface area contributed by atoms with Gasteiger partial charge < -0.3 is 9.35 Å². The van der Waals surface area contributed by atoms with Crippen LogP contribution in [0.4, 0.5) is 0 Å². The van der Waals surface area contributed by atoms with Crippen LogP contribution in [0.25, 0.3) is 0 Å². The summed E-state index contributed by atoms with van der Waals surface area (Å²) in [7, 11) is 1.40. The van der Waals surface area contributed by atoms with Crippen LogP contribution in [0.15, 0.2) is 10.2 Å². The molecule has 106 valence electrons. The normalized spacial score (nSPS) is 14.8. The van der Waals surface area contributed by atoms with Crippen LogP contribution >= 0.6 is 0 Å². The molecule has 0 N–H and O–H groups in total. The molecule has 0 fully saturated rings. The van der Waals surface area contributed by atoms with Gasteiger partial charge in [-0.05, 0) is 13.8 Å². The van der Waals surface area contributed by atoms with E-state index in [-0.39, 0.29) is 0 Å². The van der Waals surface area contributed by atoms with Crippen molar-refractivity contribution < 1.29 is 0 Å². The molecule has 18 heavy (non-hydrogen) atoms. The number of hydrazone groups is 2. The van der Waals surface area contributed by atoms with Gasteiger partial charge in [-0.1, -0.05) is 39.3 Å². The number of rotatable bonds is 5. The maximum atomic E-state index is 4.65. The molecule has 0 aliphatic heterocycles. The van der Waals surface area contributed by atoms with Crippen LogP contribution in [-0.2, 0) is 0 Å². The summed E-state index contributed by atoms with van der Waals surface area (Å²) in [5.41, 5.74) is 2.01. The highest BCUT2D eigenvalue weighted by atomic mass is 28.3. The highest BCUT2D eigenvalue weighted by Crippen LogP contribution is 2.09. The zero-order valence-electron chi connectivity index (χ0n) is 13.8. The maximum absolute atomic E-state index is 4.65. The molecular formula is C12H30N4Si2. The molecule has 0 spiro atoms. The standard InChI is InChI=1S/C12H30N4Si2/c1-11(13-15(3)17(5,6)7)12(2)14-16(4)18(8,9)10/h1-10H3. The summed E-state index contributed by atoms with van der Waals surface area (Å²) in [6, 6.07) is 0. The van der Waals surface area contributed by atoms with Crippen LogP contribution in [0.2, 0.25) is 39.3 Å². The Morgan fingerprint density at radius 1 is 0.667 bits per heavy atom. The Bertz CT molecular complexity index is 303. The lowest BCUT2D eigenvalue weighted by Crippen LogP contribution is -2.41. The summed E-state index contributed by atoms with van der Waals surface area (Å²) >= 11 is 0. The first kappa shape index (κ1) is 17.4. The molecule has 0 aromatic rings. The second-order valence-corrected chi connectivity index (χ2v) is 16.7. The fourth-order valence-electron chi connectivity index (χ4n) is 0.895. The van der Waals surface area contributed by atoms with E-state index >= 15 is 0 Å². The van der Waals surface area contributed by atoms with E-state index in [2.05, 4.69) is 72.9 Å². The SMILES string of the molecule is CC(=NN(C)[Si](C)(C)C)C(C)=NN(C)[Si](C)(C)C. The van der Waals surface area contributed by atoms with Crippen molar-refractivity contribution in [2.75, 3.05) is 14.1 Å². The van der Waals surface area contributed by atoms with E-state index in [4.69, 9.17) is 0 Å². The summed E-state index contributed by atoms with van der Waals surface area (Å²) in [5.74, 6) is 0. The first-order valence-electron chi connectivity index (χ1n) is 6.44. The lowest BCUT2D eigenvalue weighted by molar-refractivity contribution is 0.543.